The predicted octanol–water partition coefficient (Wildman–Crippen LogP) is 22.3. The van der Waals surface area contributed by atoms with Gasteiger partial charge in [0.05, 0.1) is 33.8 Å². The van der Waals surface area contributed by atoms with E-state index in [0.717, 1.165) is 103 Å². The van der Waals surface area contributed by atoms with E-state index in [9.17, 15) is 19.0 Å². The van der Waals surface area contributed by atoms with Crippen LogP contribution in [0.5, 0.6) is 0 Å². The summed E-state index contributed by atoms with van der Waals surface area (Å²) in [6.45, 7) is 6.93. The van der Waals surface area contributed by atoms with E-state index >= 15 is 0 Å². The molecule has 0 aliphatic carbocycles. The van der Waals surface area contributed by atoms with Crippen molar-refractivity contribution >= 4 is 19.7 Å². The number of nitrogens with zero attached hydrogens (tertiary/aromatic N) is 1. The van der Waals surface area contributed by atoms with Crippen LogP contribution in [0.4, 0.5) is 0 Å². The molecule has 484 valence electrons. The van der Waals surface area contributed by atoms with Gasteiger partial charge in [-0.3, -0.25) is 18.6 Å². The second kappa shape index (κ2) is 62.5. The van der Waals surface area contributed by atoms with Crippen molar-refractivity contribution in [1.82, 2.24) is 5.32 Å². The molecule has 0 fully saturated rings. The lowest BCUT2D eigenvalue weighted by Crippen LogP contribution is -2.47. The number of hydrogen-bond acceptors (Lipinski definition) is 6. The minimum atomic E-state index is -4.46. The summed E-state index contributed by atoms with van der Waals surface area (Å²) in [5.74, 6) is -0.505. The summed E-state index contributed by atoms with van der Waals surface area (Å²) < 4.78 is 30.8. The molecule has 0 radical (unpaired) electrons. The second-order valence-corrected chi connectivity index (χ2v) is 26.5. The third-order valence-corrected chi connectivity index (χ3v) is 16.6. The maximum absolute atomic E-state index is 13.6. The molecule has 0 bridgehead atoms. The molecule has 0 saturated heterocycles. The molecule has 9 nitrogen and oxygen atoms in total. The number of rotatable bonds is 64. The molecule has 0 rings (SSSR count). The summed E-state index contributed by atoms with van der Waals surface area (Å²) in [5, 5.41) is 3.07. The summed E-state index contributed by atoms with van der Waals surface area (Å²) in [4.78, 5) is 37.9. The van der Waals surface area contributed by atoms with E-state index in [-0.39, 0.29) is 25.1 Å². The van der Waals surface area contributed by atoms with Crippen molar-refractivity contribution in [2.75, 3.05) is 40.9 Å². The van der Waals surface area contributed by atoms with E-state index in [1.54, 1.807) is 0 Å². The van der Waals surface area contributed by atoms with Gasteiger partial charge in [0.15, 0.2) is 0 Å². The number of hydrogen-bond donors (Lipinski definition) is 2. The predicted molar refractivity (Wildman–Crippen MR) is 360 cm³/mol. The van der Waals surface area contributed by atoms with E-state index in [1.807, 2.05) is 33.3 Å². The van der Waals surface area contributed by atoms with Crippen LogP contribution in [0, 0.1) is 0 Å². The Hall–Kier alpha value is -2.55. The Morgan fingerprint density at radius 3 is 1.16 bits per heavy atom. The molecule has 0 heterocycles. The SMILES string of the molecule is CC/C=C\C/C=C\C/C=C\C/C=C\C/C=C\CCCCCCCCCC(=O)NC(COP(=O)(O)OCC[N+](C)(C)C)C(/C=C/CCCCCCCCCCCCC)OC(=O)CCCCCCCCCCCCCCCCCCCCCCC. The molecule has 0 saturated carbocycles. The first kappa shape index (κ1) is 80.5. The molecular formula is C73H136N2O7P+. The fourth-order valence-corrected chi connectivity index (χ4v) is 11.0. The van der Waals surface area contributed by atoms with Gasteiger partial charge >= 0.3 is 13.8 Å². The smallest absolute Gasteiger partial charge is 0.456 e. The number of carbonyl (C=O) groups is 2. The summed E-state index contributed by atoms with van der Waals surface area (Å²) in [5.41, 5.74) is 0. The Kier molecular flexibility index (Phi) is 60.6. The molecule has 0 aromatic heterocycles. The van der Waals surface area contributed by atoms with E-state index in [1.165, 1.54) is 193 Å². The lowest BCUT2D eigenvalue weighted by atomic mass is 10.0. The van der Waals surface area contributed by atoms with Gasteiger partial charge < -0.3 is 19.4 Å². The standard InChI is InChI=1S/C73H135N2O7P/c1-7-10-13-16-19-22-25-28-30-32-34-36-37-39-40-42-44-47-50-53-56-59-62-65-72(76)74-70(69-81-83(78,79)80-68-67-75(4,5)6)71(64-61-58-55-52-49-46-27-24-21-18-15-12-9-3)82-73(77)66-63-60-57-54-51-48-45-43-41-38-35-33-31-29-26-23-20-17-14-11-8-2/h10,13,19,22,28,30,34,36,39-40,61,64,70-71H,7-9,11-12,14-18,20-21,23-27,29,31-33,35,37-38,41-60,62-63,65-69H2,1-6H3,(H-,74,76,78,79)/p+1/b13-10-,22-19-,30-28-,36-34-,40-39-,64-61+. The fraction of sp³-hybridized carbons (Fsp3) is 0.808. The number of allylic oxidation sites excluding steroid dienone is 11. The van der Waals surface area contributed by atoms with Crippen LogP contribution in [0.25, 0.3) is 0 Å². The van der Waals surface area contributed by atoms with Gasteiger partial charge in [0.25, 0.3) is 0 Å². The van der Waals surface area contributed by atoms with Crippen LogP contribution in [0.3, 0.4) is 0 Å². The highest BCUT2D eigenvalue weighted by molar-refractivity contribution is 7.47. The summed E-state index contributed by atoms with van der Waals surface area (Å²) in [6, 6.07) is -0.856. The lowest BCUT2D eigenvalue weighted by molar-refractivity contribution is -0.870. The van der Waals surface area contributed by atoms with Crippen LogP contribution >= 0.6 is 7.82 Å². The lowest BCUT2D eigenvalue weighted by Gasteiger charge is -2.27. The summed E-state index contributed by atoms with van der Waals surface area (Å²) in [6.07, 6.45) is 81.9. The van der Waals surface area contributed by atoms with E-state index in [4.69, 9.17) is 13.8 Å². The third kappa shape index (κ3) is 63.8. The van der Waals surface area contributed by atoms with Gasteiger partial charge in [-0.2, -0.15) is 0 Å². The molecule has 83 heavy (non-hydrogen) atoms. The largest absolute Gasteiger partial charge is 0.472 e. The van der Waals surface area contributed by atoms with Gasteiger partial charge in [0, 0.05) is 12.8 Å². The van der Waals surface area contributed by atoms with Crippen LogP contribution < -0.4 is 5.32 Å². The van der Waals surface area contributed by atoms with Crippen LogP contribution in [0.15, 0.2) is 72.9 Å². The average molecular weight is 1180 g/mol. The van der Waals surface area contributed by atoms with Crippen molar-refractivity contribution in [1.29, 1.82) is 0 Å². The molecule has 1 amide bonds. The first-order valence-electron chi connectivity index (χ1n) is 35.3. The van der Waals surface area contributed by atoms with Gasteiger partial charge in [-0.15, -0.1) is 0 Å². The van der Waals surface area contributed by atoms with Gasteiger partial charge in [0.1, 0.15) is 19.3 Å². The van der Waals surface area contributed by atoms with Crippen LogP contribution in [-0.2, 0) is 27.9 Å². The summed E-state index contributed by atoms with van der Waals surface area (Å²) >= 11 is 0. The minimum Gasteiger partial charge on any atom is -0.456 e. The Balaban J connectivity index is 5.15. The highest BCUT2D eigenvalue weighted by Gasteiger charge is 2.30. The normalized spacial score (nSPS) is 14.0. The molecule has 3 unspecified atom stereocenters. The number of quaternary nitrogens is 1. The molecule has 0 aromatic carbocycles. The van der Waals surface area contributed by atoms with Crippen LogP contribution in [0.2, 0.25) is 0 Å². The van der Waals surface area contributed by atoms with E-state index < -0.39 is 20.0 Å². The van der Waals surface area contributed by atoms with Crippen molar-refractivity contribution in [3.05, 3.63) is 72.9 Å². The van der Waals surface area contributed by atoms with Crippen molar-refractivity contribution in [3.8, 4) is 0 Å². The van der Waals surface area contributed by atoms with Crippen molar-refractivity contribution in [2.24, 2.45) is 0 Å². The van der Waals surface area contributed by atoms with Crippen molar-refractivity contribution < 1.29 is 37.3 Å². The number of unbranched alkanes of at least 4 members (excludes halogenated alkanes) is 38. The van der Waals surface area contributed by atoms with Gasteiger partial charge in [-0.05, 0) is 76.7 Å². The zero-order valence-electron chi connectivity index (χ0n) is 55.4. The Labute approximate surface area is 514 Å². The topological polar surface area (TPSA) is 111 Å². The van der Waals surface area contributed by atoms with Crippen LogP contribution in [-0.4, -0.2) is 74.3 Å². The highest BCUT2D eigenvalue weighted by Crippen LogP contribution is 2.43. The Morgan fingerprint density at radius 1 is 0.434 bits per heavy atom. The number of ether oxygens (including phenoxy) is 1. The molecule has 0 aliphatic rings. The second-order valence-electron chi connectivity index (χ2n) is 25.0. The molecule has 0 aliphatic heterocycles. The number of phosphoric ester groups is 1. The third-order valence-electron chi connectivity index (χ3n) is 15.7. The summed E-state index contributed by atoms with van der Waals surface area (Å²) in [7, 11) is 1.49. The zero-order valence-corrected chi connectivity index (χ0v) is 56.3. The Morgan fingerprint density at radius 2 is 0.771 bits per heavy atom. The number of phosphoric acid groups is 1. The highest BCUT2D eigenvalue weighted by atomic mass is 31.2. The van der Waals surface area contributed by atoms with Crippen molar-refractivity contribution in [2.45, 2.75) is 341 Å². The number of likely N-dealkylation sites (N-methyl/N-ethyl adjacent to an activating group) is 1. The van der Waals surface area contributed by atoms with Crippen molar-refractivity contribution in [3.63, 3.8) is 0 Å². The molecular weight excluding hydrogens is 1050 g/mol. The fourth-order valence-electron chi connectivity index (χ4n) is 10.3. The first-order chi connectivity index (χ1) is 40.4. The number of amides is 1. The molecule has 3 atom stereocenters. The van der Waals surface area contributed by atoms with Gasteiger partial charge in [-0.25, -0.2) is 4.57 Å². The molecule has 0 aromatic rings. The van der Waals surface area contributed by atoms with Gasteiger partial charge in [0.2, 0.25) is 5.91 Å². The van der Waals surface area contributed by atoms with Crippen LogP contribution in [0.1, 0.15) is 329 Å². The number of esters is 1. The zero-order chi connectivity index (χ0) is 60.7. The quantitative estimate of drug-likeness (QED) is 0.0205. The van der Waals surface area contributed by atoms with E-state index in [2.05, 4.69) is 86.8 Å². The number of nitrogens with one attached hydrogen (secondary N) is 1. The maximum atomic E-state index is 13.6. The monoisotopic (exact) mass is 1180 g/mol. The molecule has 0 spiro atoms. The number of carbonyl (C=O) groups excluding carboxylic acids is 2. The molecule has 2 N–H and O–H groups in total. The molecule has 10 heteroatoms. The van der Waals surface area contributed by atoms with E-state index in [0.29, 0.717) is 23.9 Å². The minimum absolute atomic E-state index is 0.0371. The Bertz CT molecular complexity index is 1650. The van der Waals surface area contributed by atoms with Gasteiger partial charge in [-0.1, -0.05) is 312 Å². The average Bonchev–Trinajstić information content (AvgIpc) is 3.46. The first-order valence-corrected chi connectivity index (χ1v) is 36.8. The maximum Gasteiger partial charge on any atom is 0.472 e.